The molecule has 1 aromatic carbocycles. The summed E-state index contributed by atoms with van der Waals surface area (Å²) < 4.78 is 10.3. The van der Waals surface area contributed by atoms with Gasteiger partial charge in [-0.1, -0.05) is 0 Å². The number of rotatable bonds is 6. The predicted octanol–water partition coefficient (Wildman–Crippen LogP) is 0.376. The SMILES string of the molecule is COCCNC(=O)CN1C(=O)C(C)Oc2ccc(C=O)cc21. The average molecular weight is 306 g/mol. The number of nitrogens with zero attached hydrogens (tertiary/aromatic N) is 1. The average Bonchev–Trinajstić information content (AvgIpc) is 2.51. The fraction of sp³-hybridized carbons (Fsp3) is 0.400. The summed E-state index contributed by atoms with van der Waals surface area (Å²) in [6.45, 7) is 2.25. The van der Waals surface area contributed by atoms with Gasteiger partial charge in [-0.15, -0.1) is 0 Å². The summed E-state index contributed by atoms with van der Waals surface area (Å²) in [5.41, 5.74) is 0.837. The molecule has 0 fully saturated rings. The molecule has 0 radical (unpaired) electrons. The Morgan fingerprint density at radius 1 is 1.50 bits per heavy atom. The van der Waals surface area contributed by atoms with Crippen molar-refractivity contribution in [2.45, 2.75) is 13.0 Å². The van der Waals surface area contributed by atoms with Crippen LogP contribution in [0.2, 0.25) is 0 Å². The van der Waals surface area contributed by atoms with Crippen molar-refractivity contribution in [3.05, 3.63) is 23.8 Å². The molecule has 0 bridgehead atoms. The van der Waals surface area contributed by atoms with Crippen LogP contribution in [0.4, 0.5) is 5.69 Å². The van der Waals surface area contributed by atoms with Crippen LogP contribution in [0.3, 0.4) is 0 Å². The van der Waals surface area contributed by atoms with Crippen molar-refractivity contribution in [1.82, 2.24) is 5.32 Å². The second kappa shape index (κ2) is 7.04. The highest BCUT2D eigenvalue weighted by Crippen LogP contribution is 2.34. The smallest absolute Gasteiger partial charge is 0.268 e. The second-order valence-corrected chi connectivity index (χ2v) is 4.87. The molecule has 22 heavy (non-hydrogen) atoms. The van der Waals surface area contributed by atoms with Crippen molar-refractivity contribution in [3.63, 3.8) is 0 Å². The first kappa shape index (κ1) is 16.0. The Labute approximate surface area is 128 Å². The van der Waals surface area contributed by atoms with Gasteiger partial charge in [-0.2, -0.15) is 0 Å². The number of aldehydes is 1. The van der Waals surface area contributed by atoms with Crippen LogP contribution in [0.15, 0.2) is 18.2 Å². The molecule has 1 aliphatic rings. The minimum Gasteiger partial charge on any atom is -0.479 e. The topological polar surface area (TPSA) is 84.9 Å². The number of benzene rings is 1. The van der Waals surface area contributed by atoms with Gasteiger partial charge >= 0.3 is 0 Å². The van der Waals surface area contributed by atoms with Crippen molar-refractivity contribution in [2.75, 3.05) is 31.7 Å². The summed E-state index contributed by atoms with van der Waals surface area (Å²) in [6, 6.07) is 4.76. The van der Waals surface area contributed by atoms with Crippen LogP contribution in [0.1, 0.15) is 17.3 Å². The van der Waals surface area contributed by atoms with E-state index < -0.39 is 6.10 Å². The molecule has 0 aliphatic carbocycles. The molecule has 1 heterocycles. The third-order valence-corrected chi connectivity index (χ3v) is 3.26. The van der Waals surface area contributed by atoms with Crippen molar-refractivity contribution < 1.29 is 23.9 Å². The molecule has 118 valence electrons. The first-order valence-corrected chi connectivity index (χ1v) is 6.89. The lowest BCUT2D eigenvalue weighted by molar-refractivity contribution is -0.128. The molecule has 7 heteroatoms. The van der Waals surface area contributed by atoms with Gasteiger partial charge in [0.2, 0.25) is 5.91 Å². The molecule has 0 aromatic heterocycles. The standard InChI is InChI=1S/C15H18N2O5/c1-10-15(20)17(8-14(19)16-5-6-21-2)12-7-11(9-18)3-4-13(12)22-10/h3-4,7,9-10H,5-6,8H2,1-2H3,(H,16,19). The molecule has 7 nitrogen and oxygen atoms in total. The van der Waals surface area contributed by atoms with Gasteiger partial charge in [-0.25, -0.2) is 0 Å². The summed E-state index contributed by atoms with van der Waals surface area (Å²) in [6.07, 6.45) is 0.000888. The second-order valence-electron chi connectivity index (χ2n) is 4.87. The normalized spacial score (nSPS) is 16.7. The van der Waals surface area contributed by atoms with E-state index in [0.29, 0.717) is 36.4 Å². The fourth-order valence-corrected chi connectivity index (χ4v) is 2.15. The number of hydrogen-bond donors (Lipinski definition) is 1. The fourth-order valence-electron chi connectivity index (χ4n) is 2.15. The van der Waals surface area contributed by atoms with E-state index in [0.717, 1.165) is 0 Å². The maximum absolute atomic E-state index is 12.3. The van der Waals surface area contributed by atoms with Crippen LogP contribution in [-0.4, -0.2) is 51.0 Å². The van der Waals surface area contributed by atoms with Crippen LogP contribution in [0.5, 0.6) is 5.75 Å². The summed E-state index contributed by atoms with van der Waals surface area (Å²) in [5, 5.41) is 2.66. The minimum absolute atomic E-state index is 0.133. The van der Waals surface area contributed by atoms with Crippen LogP contribution in [-0.2, 0) is 14.3 Å². The Morgan fingerprint density at radius 3 is 2.95 bits per heavy atom. The third-order valence-electron chi connectivity index (χ3n) is 3.26. The quantitative estimate of drug-likeness (QED) is 0.606. The summed E-state index contributed by atoms with van der Waals surface area (Å²) in [5.74, 6) is -0.151. The Morgan fingerprint density at radius 2 is 2.27 bits per heavy atom. The van der Waals surface area contributed by atoms with Crippen molar-refractivity contribution >= 4 is 23.8 Å². The Bertz CT molecular complexity index is 587. The van der Waals surface area contributed by atoms with Crippen molar-refractivity contribution in [1.29, 1.82) is 0 Å². The highest BCUT2D eigenvalue weighted by atomic mass is 16.5. The minimum atomic E-state index is -0.679. The number of anilines is 1. The molecule has 1 aromatic rings. The van der Waals surface area contributed by atoms with Crippen molar-refractivity contribution in [2.24, 2.45) is 0 Å². The number of methoxy groups -OCH3 is 1. The Hall–Kier alpha value is -2.41. The zero-order valence-corrected chi connectivity index (χ0v) is 12.5. The highest BCUT2D eigenvalue weighted by Gasteiger charge is 2.32. The molecule has 0 spiro atoms. The number of ether oxygens (including phenoxy) is 2. The molecule has 1 unspecified atom stereocenters. The van der Waals surface area contributed by atoms with E-state index in [1.807, 2.05) is 0 Å². The van der Waals surface area contributed by atoms with Crippen LogP contribution in [0, 0.1) is 0 Å². The van der Waals surface area contributed by atoms with Gasteiger partial charge in [0.25, 0.3) is 5.91 Å². The number of carbonyl (C=O) groups is 3. The summed E-state index contributed by atoms with van der Waals surface area (Å²) in [7, 11) is 1.54. The van der Waals surface area contributed by atoms with Crippen LogP contribution in [0.25, 0.3) is 0 Å². The van der Waals surface area contributed by atoms with Gasteiger partial charge in [0.15, 0.2) is 6.10 Å². The van der Waals surface area contributed by atoms with Gasteiger partial charge in [0.05, 0.1) is 12.3 Å². The largest absolute Gasteiger partial charge is 0.479 e. The molecular weight excluding hydrogens is 288 g/mol. The number of fused-ring (bicyclic) bond motifs is 1. The lowest BCUT2D eigenvalue weighted by atomic mass is 10.1. The lowest BCUT2D eigenvalue weighted by Crippen LogP contribution is -2.49. The molecule has 0 saturated carbocycles. The van der Waals surface area contributed by atoms with E-state index in [1.54, 1.807) is 19.1 Å². The maximum atomic E-state index is 12.3. The zero-order chi connectivity index (χ0) is 16.1. The van der Waals surface area contributed by atoms with E-state index in [2.05, 4.69) is 5.32 Å². The van der Waals surface area contributed by atoms with E-state index in [-0.39, 0.29) is 18.4 Å². The Balaban J connectivity index is 2.20. The van der Waals surface area contributed by atoms with E-state index in [4.69, 9.17) is 9.47 Å². The number of amides is 2. The zero-order valence-electron chi connectivity index (χ0n) is 12.5. The lowest BCUT2D eigenvalue weighted by Gasteiger charge is -2.32. The van der Waals surface area contributed by atoms with Gasteiger partial charge < -0.3 is 14.8 Å². The van der Waals surface area contributed by atoms with E-state index in [9.17, 15) is 14.4 Å². The Kier molecular flexibility index (Phi) is 5.11. The molecule has 2 rings (SSSR count). The number of nitrogens with one attached hydrogen (secondary N) is 1. The molecule has 2 amide bonds. The predicted molar refractivity (Wildman–Crippen MR) is 79.2 cm³/mol. The van der Waals surface area contributed by atoms with Gasteiger partial charge in [-0.05, 0) is 25.1 Å². The molecule has 1 aliphatic heterocycles. The highest BCUT2D eigenvalue weighted by molar-refractivity contribution is 6.04. The molecule has 1 N–H and O–H groups in total. The monoisotopic (exact) mass is 306 g/mol. The number of hydrogen-bond acceptors (Lipinski definition) is 5. The van der Waals surface area contributed by atoms with Crippen LogP contribution < -0.4 is 15.0 Å². The molecular formula is C15H18N2O5. The van der Waals surface area contributed by atoms with E-state index >= 15 is 0 Å². The van der Waals surface area contributed by atoms with Gasteiger partial charge in [0.1, 0.15) is 18.6 Å². The first-order valence-electron chi connectivity index (χ1n) is 6.89. The molecule has 1 atom stereocenters. The van der Waals surface area contributed by atoms with E-state index in [1.165, 1.54) is 18.1 Å². The van der Waals surface area contributed by atoms with Crippen molar-refractivity contribution in [3.8, 4) is 5.75 Å². The van der Waals surface area contributed by atoms with Gasteiger partial charge in [0, 0.05) is 19.2 Å². The summed E-state index contributed by atoms with van der Waals surface area (Å²) in [4.78, 5) is 36.4. The third kappa shape index (κ3) is 3.43. The summed E-state index contributed by atoms with van der Waals surface area (Å²) >= 11 is 0. The maximum Gasteiger partial charge on any atom is 0.268 e. The molecule has 0 saturated heterocycles. The van der Waals surface area contributed by atoms with Gasteiger partial charge in [-0.3, -0.25) is 19.3 Å². The first-order chi connectivity index (χ1) is 10.6. The van der Waals surface area contributed by atoms with Crippen LogP contribution >= 0.6 is 0 Å². The number of carbonyl (C=O) groups excluding carboxylic acids is 3.